The van der Waals surface area contributed by atoms with Crippen LogP contribution < -0.4 is 10.2 Å². The van der Waals surface area contributed by atoms with E-state index in [9.17, 15) is 4.79 Å². The predicted octanol–water partition coefficient (Wildman–Crippen LogP) is 3.81. The zero-order chi connectivity index (χ0) is 16.1. The number of carbonyl (C=O) groups excluding carboxylic acids is 1. The summed E-state index contributed by atoms with van der Waals surface area (Å²) in [5.74, 6) is 1.23. The number of aromatic nitrogens is 1. The maximum absolute atomic E-state index is 12.2. The highest BCUT2D eigenvalue weighted by Gasteiger charge is 2.14. The van der Waals surface area contributed by atoms with Crippen molar-refractivity contribution in [1.29, 1.82) is 0 Å². The summed E-state index contributed by atoms with van der Waals surface area (Å²) in [7, 11) is 0. The van der Waals surface area contributed by atoms with Gasteiger partial charge >= 0.3 is 0 Å². The standard InChI is InChI=1S/C19H23N3O/c1-15(16-7-3-2-4-8-16)13-19(23)21-17-9-10-18(20-14-17)22-11-5-6-12-22/h2-4,7-10,14-15H,5-6,11-13H2,1H3,(H,21,23). The van der Waals surface area contributed by atoms with E-state index in [2.05, 4.69) is 34.3 Å². The molecule has 3 rings (SSSR count). The molecular weight excluding hydrogens is 286 g/mol. The van der Waals surface area contributed by atoms with Crippen LogP contribution in [0.2, 0.25) is 0 Å². The molecule has 4 nitrogen and oxygen atoms in total. The number of benzene rings is 1. The minimum atomic E-state index is 0.0251. The van der Waals surface area contributed by atoms with Crippen LogP contribution in [-0.2, 0) is 4.79 Å². The number of hydrogen-bond donors (Lipinski definition) is 1. The summed E-state index contributed by atoms with van der Waals surface area (Å²) >= 11 is 0. The number of nitrogens with zero attached hydrogens (tertiary/aromatic N) is 2. The van der Waals surface area contributed by atoms with Crippen molar-refractivity contribution in [2.45, 2.75) is 32.1 Å². The molecule has 23 heavy (non-hydrogen) atoms. The molecule has 1 aromatic carbocycles. The van der Waals surface area contributed by atoms with Crippen LogP contribution in [0.5, 0.6) is 0 Å². The van der Waals surface area contributed by atoms with Crippen LogP contribution in [0.4, 0.5) is 11.5 Å². The second-order valence-electron chi connectivity index (χ2n) is 6.16. The molecule has 120 valence electrons. The molecule has 1 amide bonds. The van der Waals surface area contributed by atoms with Crippen LogP contribution >= 0.6 is 0 Å². The van der Waals surface area contributed by atoms with Crippen molar-refractivity contribution in [1.82, 2.24) is 4.98 Å². The van der Waals surface area contributed by atoms with Crippen molar-refractivity contribution >= 4 is 17.4 Å². The minimum absolute atomic E-state index is 0.0251. The number of rotatable bonds is 5. The molecule has 1 saturated heterocycles. The average molecular weight is 309 g/mol. The lowest BCUT2D eigenvalue weighted by Crippen LogP contribution is -2.19. The van der Waals surface area contributed by atoms with E-state index < -0.39 is 0 Å². The smallest absolute Gasteiger partial charge is 0.225 e. The molecule has 1 aromatic heterocycles. The summed E-state index contributed by atoms with van der Waals surface area (Å²) < 4.78 is 0. The van der Waals surface area contributed by atoms with Crippen molar-refractivity contribution in [2.24, 2.45) is 0 Å². The highest BCUT2D eigenvalue weighted by atomic mass is 16.1. The van der Waals surface area contributed by atoms with Crippen molar-refractivity contribution in [3.63, 3.8) is 0 Å². The zero-order valence-electron chi connectivity index (χ0n) is 13.5. The Hall–Kier alpha value is -2.36. The van der Waals surface area contributed by atoms with Crippen LogP contribution in [0, 0.1) is 0 Å². The van der Waals surface area contributed by atoms with Crippen LogP contribution in [0.25, 0.3) is 0 Å². The van der Waals surface area contributed by atoms with Crippen molar-refractivity contribution in [3.8, 4) is 0 Å². The van der Waals surface area contributed by atoms with E-state index in [4.69, 9.17) is 0 Å². The number of anilines is 2. The van der Waals surface area contributed by atoms with Crippen LogP contribution in [0.15, 0.2) is 48.7 Å². The molecule has 1 aliphatic heterocycles. The predicted molar refractivity (Wildman–Crippen MR) is 93.8 cm³/mol. The summed E-state index contributed by atoms with van der Waals surface area (Å²) in [6, 6.07) is 14.0. The van der Waals surface area contributed by atoms with Crippen LogP contribution in [-0.4, -0.2) is 24.0 Å². The van der Waals surface area contributed by atoms with E-state index >= 15 is 0 Å². The first-order valence-corrected chi connectivity index (χ1v) is 8.28. The molecule has 0 radical (unpaired) electrons. The lowest BCUT2D eigenvalue weighted by molar-refractivity contribution is -0.116. The van der Waals surface area contributed by atoms with E-state index in [-0.39, 0.29) is 11.8 Å². The molecule has 1 unspecified atom stereocenters. The molecule has 4 heteroatoms. The highest BCUT2D eigenvalue weighted by molar-refractivity contribution is 5.91. The van der Waals surface area contributed by atoms with Gasteiger partial charge in [0.1, 0.15) is 5.82 Å². The molecule has 2 heterocycles. The number of nitrogens with one attached hydrogen (secondary N) is 1. The van der Waals surface area contributed by atoms with Gasteiger partial charge in [-0.1, -0.05) is 37.3 Å². The van der Waals surface area contributed by atoms with Gasteiger partial charge in [0.25, 0.3) is 0 Å². The molecule has 1 N–H and O–H groups in total. The summed E-state index contributed by atoms with van der Waals surface area (Å²) in [4.78, 5) is 18.9. The van der Waals surface area contributed by atoms with Gasteiger partial charge in [0.15, 0.2) is 0 Å². The number of carbonyl (C=O) groups is 1. The van der Waals surface area contributed by atoms with Gasteiger partial charge in [-0.25, -0.2) is 4.98 Å². The summed E-state index contributed by atoms with van der Waals surface area (Å²) in [5.41, 5.74) is 1.95. The van der Waals surface area contributed by atoms with E-state index in [1.807, 2.05) is 30.3 Å². The fourth-order valence-corrected chi connectivity index (χ4v) is 2.98. The fourth-order valence-electron chi connectivity index (χ4n) is 2.98. The third-order valence-corrected chi connectivity index (χ3v) is 4.32. The third kappa shape index (κ3) is 4.09. The van der Waals surface area contributed by atoms with Gasteiger partial charge in [0.05, 0.1) is 11.9 Å². The third-order valence-electron chi connectivity index (χ3n) is 4.32. The van der Waals surface area contributed by atoms with Crippen LogP contribution in [0.3, 0.4) is 0 Å². The maximum atomic E-state index is 12.2. The molecular formula is C19H23N3O. The largest absolute Gasteiger partial charge is 0.357 e. The zero-order valence-corrected chi connectivity index (χ0v) is 13.5. The Morgan fingerprint density at radius 3 is 2.57 bits per heavy atom. The molecule has 1 aliphatic rings. The molecule has 1 fully saturated rings. The Bertz CT molecular complexity index is 633. The van der Waals surface area contributed by atoms with Crippen molar-refractivity contribution in [3.05, 3.63) is 54.2 Å². The quantitative estimate of drug-likeness (QED) is 0.913. The Morgan fingerprint density at radius 2 is 1.91 bits per heavy atom. The van der Waals surface area contributed by atoms with Gasteiger partial charge in [-0.3, -0.25) is 4.79 Å². The van der Waals surface area contributed by atoms with Gasteiger partial charge in [-0.05, 0) is 36.5 Å². The summed E-state index contributed by atoms with van der Waals surface area (Å²) in [6.07, 6.45) is 4.69. The topological polar surface area (TPSA) is 45.2 Å². The Labute approximate surface area is 137 Å². The average Bonchev–Trinajstić information content (AvgIpc) is 3.11. The summed E-state index contributed by atoms with van der Waals surface area (Å²) in [6.45, 7) is 4.23. The first-order chi connectivity index (χ1) is 11.2. The second kappa shape index (κ2) is 7.27. The van der Waals surface area contributed by atoms with Gasteiger partial charge < -0.3 is 10.2 Å². The molecule has 2 aromatic rings. The number of hydrogen-bond acceptors (Lipinski definition) is 3. The lowest BCUT2D eigenvalue weighted by Gasteiger charge is -2.16. The number of pyridine rings is 1. The van der Waals surface area contributed by atoms with Crippen molar-refractivity contribution in [2.75, 3.05) is 23.3 Å². The Morgan fingerprint density at radius 1 is 1.17 bits per heavy atom. The highest BCUT2D eigenvalue weighted by Crippen LogP contribution is 2.21. The number of amides is 1. The SMILES string of the molecule is CC(CC(=O)Nc1ccc(N2CCCC2)nc1)c1ccccc1. The minimum Gasteiger partial charge on any atom is -0.357 e. The maximum Gasteiger partial charge on any atom is 0.225 e. The molecule has 0 aliphatic carbocycles. The first-order valence-electron chi connectivity index (χ1n) is 8.28. The monoisotopic (exact) mass is 309 g/mol. The van der Waals surface area contributed by atoms with Gasteiger partial charge in [-0.15, -0.1) is 0 Å². The van der Waals surface area contributed by atoms with Gasteiger partial charge in [-0.2, -0.15) is 0 Å². The Balaban J connectivity index is 1.55. The normalized spacial score (nSPS) is 15.4. The molecule has 0 bridgehead atoms. The lowest BCUT2D eigenvalue weighted by atomic mass is 9.97. The van der Waals surface area contributed by atoms with Crippen molar-refractivity contribution < 1.29 is 4.79 Å². The van der Waals surface area contributed by atoms with E-state index in [0.29, 0.717) is 6.42 Å². The van der Waals surface area contributed by atoms with E-state index in [0.717, 1.165) is 24.6 Å². The molecule has 0 spiro atoms. The van der Waals surface area contributed by atoms with Gasteiger partial charge in [0.2, 0.25) is 5.91 Å². The second-order valence-corrected chi connectivity index (χ2v) is 6.16. The van der Waals surface area contributed by atoms with E-state index in [1.54, 1.807) is 6.20 Å². The summed E-state index contributed by atoms with van der Waals surface area (Å²) in [5, 5.41) is 2.94. The first kappa shape index (κ1) is 15.5. The van der Waals surface area contributed by atoms with Gasteiger partial charge in [0, 0.05) is 19.5 Å². The Kier molecular flexibility index (Phi) is 4.91. The fraction of sp³-hybridized carbons (Fsp3) is 0.368. The molecule has 1 atom stereocenters. The van der Waals surface area contributed by atoms with Crippen LogP contribution in [0.1, 0.15) is 37.7 Å². The van der Waals surface area contributed by atoms with E-state index in [1.165, 1.54) is 18.4 Å². The molecule has 0 saturated carbocycles.